The highest BCUT2D eigenvalue weighted by Crippen LogP contribution is 2.27. The highest BCUT2D eigenvalue weighted by Gasteiger charge is 2.19. The Morgan fingerprint density at radius 3 is 2.26 bits per heavy atom. The van der Waals surface area contributed by atoms with Crippen molar-refractivity contribution >= 4 is 9.84 Å². The number of rotatable bonds is 9. The molecular weight excluding hydrogens is 452 g/mol. The van der Waals surface area contributed by atoms with E-state index in [0.29, 0.717) is 35.9 Å². The van der Waals surface area contributed by atoms with Crippen molar-refractivity contribution < 1.29 is 18.0 Å². The van der Waals surface area contributed by atoms with Crippen LogP contribution < -0.4 is 5.32 Å². The fourth-order valence-corrected chi connectivity index (χ4v) is 4.41. The Morgan fingerprint density at radius 1 is 0.941 bits per heavy atom. The molecule has 0 aliphatic rings. The topological polar surface area (TPSA) is 118 Å². The molecule has 0 fully saturated rings. The minimum absolute atomic E-state index is 0.106. The summed E-state index contributed by atoms with van der Waals surface area (Å²) in [4.78, 5) is 9.18. The largest absolute Gasteiger partial charge is 0.395 e. The van der Waals surface area contributed by atoms with Gasteiger partial charge in [-0.25, -0.2) is 13.4 Å². The first kappa shape index (κ1) is 23.7. The molecule has 0 saturated carbocycles. The number of nitrogens with zero attached hydrogens (tertiary/aromatic N) is 3. The van der Waals surface area contributed by atoms with Crippen LogP contribution in [0.15, 0.2) is 76.4 Å². The van der Waals surface area contributed by atoms with Crippen molar-refractivity contribution in [3.05, 3.63) is 72.6 Å². The van der Waals surface area contributed by atoms with Gasteiger partial charge >= 0.3 is 0 Å². The first-order valence-electron chi connectivity index (χ1n) is 10.9. The number of nitrogens with one attached hydrogen (secondary N) is 1. The van der Waals surface area contributed by atoms with Gasteiger partial charge in [0.25, 0.3) is 0 Å². The van der Waals surface area contributed by atoms with Crippen molar-refractivity contribution in [2.24, 2.45) is 0 Å². The van der Waals surface area contributed by atoms with E-state index < -0.39 is 15.1 Å². The molecule has 0 radical (unpaired) electrons. The van der Waals surface area contributed by atoms with Crippen LogP contribution in [-0.4, -0.2) is 47.1 Å². The van der Waals surface area contributed by atoms with E-state index in [0.717, 1.165) is 16.7 Å². The Morgan fingerprint density at radius 2 is 1.59 bits per heavy atom. The van der Waals surface area contributed by atoms with E-state index in [1.165, 1.54) is 0 Å². The van der Waals surface area contributed by atoms with Gasteiger partial charge in [0.05, 0.1) is 34.8 Å². The number of aliphatic hydroxyl groups excluding tert-OH is 1. The lowest BCUT2D eigenvalue weighted by Gasteiger charge is -2.08. The van der Waals surface area contributed by atoms with E-state index in [-0.39, 0.29) is 11.5 Å². The second kappa shape index (κ2) is 10.3. The number of hydrogen-bond donors (Lipinski definition) is 2. The van der Waals surface area contributed by atoms with Crippen molar-refractivity contribution in [3.63, 3.8) is 0 Å². The molecule has 4 rings (SSSR count). The van der Waals surface area contributed by atoms with Crippen molar-refractivity contribution in [1.82, 2.24) is 20.4 Å². The van der Waals surface area contributed by atoms with Crippen molar-refractivity contribution in [3.8, 4) is 34.0 Å². The van der Waals surface area contributed by atoms with E-state index in [9.17, 15) is 8.42 Å². The lowest BCUT2D eigenvalue weighted by atomic mass is 10.1. The van der Waals surface area contributed by atoms with Crippen LogP contribution in [0.25, 0.3) is 34.0 Å². The highest BCUT2D eigenvalue weighted by molar-refractivity contribution is 7.92. The van der Waals surface area contributed by atoms with Crippen molar-refractivity contribution in [2.75, 3.05) is 13.2 Å². The summed E-state index contributed by atoms with van der Waals surface area (Å²) >= 11 is 0. The van der Waals surface area contributed by atoms with Gasteiger partial charge in [-0.05, 0) is 31.5 Å². The van der Waals surface area contributed by atoms with Gasteiger partial charge in [0.2, 0.25) is 0 Å². The van der Waals surface area contributed by atoms with Crippen LogP contribution >= 0.6 is 0 Å². The molecule has 0 spiro atoms. The summed E-state index contributed by atoms with van der Waals surface area (Å²) in [6.45, 7) is 4.66. The maximum absolute atomic E-state index is 12.4. The lowest BCUT2D eigenvalue weighted by Crippen LogP contribution is -2.17. The predicted octanol–water partition coefficient (Wildman–Crippen LogP) is 3.73. The fraction of sp³-hybridized carbons (Fsp3) is 0.240. The van der Waals surface area contributed by atoms with Crippen molar-refractivity contribution in [1.29, 1.82) is 0 Å². The second-order valence-corrected chi connectivity index (χ2v) is 10.6. The quantitative estimate of drug-likeness (QED) is 0.349. The average Bonchev–Trinajstić information content (AvgIpc) is 3.35. The van der Waals surface area contributed by atoms with Gasteiger partial charge in [-0.15, -0.1) is 0 Å². The minimum atomic E-state index is -3.33. The minimum Gasteiger partial charge on any atom is -0.395 e. The van der Waals surface area contributed by atoms with E-state index in [1.54, 1.807) is 50.5 Å². The van der Waals surface area contributed by atoms with Crippen LogP contribution in [0, 0.1) is 0 Å². The molecule has 0 atom stereocenters. The molecule has 2 N–H and O–H groups in total. The Kier molecular flexibility index (Phi) is 7.16. The summed E-state index contributed by atoms with van der Waals surface area (Å²) in [5.74, 6) is 0.483. The van der Waals surface area contributed by atoms with Crippen LogP contribution in [0.4, 0.5) is 0 Å². The summed E-state index contributed by atoms with van der Waals surface area (Å²) in [7, 11) is -3.33. The zero-order valence-corrected chi connectivity index (χ0v) is 19.8. The van der Waals surface area contributed by atoms with E-state index >= 15 is 0 Å². The number of sulfone groups is 1. The normalized spacial score (nSPS) is 11.8. The molecule has 0 unspecified atom stereocenters. The predicted molar refractivity (Wildman–Crippen MR) is 130 cm³/mol. The number of hydrogen-bond acceptors (Lipinski definition) is 8. The molecule has 9 heteroatoms. The fourth-order valence-electron chi connectivity index (χ4n) is 3.35. The third kappa shape index (κ3) is 5.22. The number of aliphatic hydroxyl groups is 1. The molecule has 0 aliphatic carbocycles. The summed E-state index contributed by atoms with van der Waals surface area (Å²) < 4.78 is 30.2. The SMILES string of the molecule is CC(C)S(=O)(=O)c1ccc(-c2cncc(-c3cc(-c4ccc(CNCCO)cc4)no3)n2)cc1. The van der Waals surface area contributed by atoms with Gasteiger partial charge in [-0.3, -0.25) is 4.98 Å². The van der Waals surface area contributed by atoms with Gasteiger partial charge in [0, 0.05) is 30.3 Å². The monoisotopic (exact) mass is 478 g/mol. The van der Waals surface area contributed by atoms with E-state index in [1.807, 2.05) is 30.3 Å². The van der Waals surface area contributed by atoms with Crippen LogP contribution in [0.5, 0.6) is 0 Å². The first-order valence-corrected chi connectivity index (χ1v) is 12.5. The highest BCUT2D eigenvalue weighted by atomic mass is 32.2. The van der Waals surface area contributed by atoms with Crippen LogP contribution in [0.1, 0.15) is 19.4 Å². The molecule has 34 heavy (non-hydrogen) atoms. The Bertz CT molecular complexity index is 1350. The molecule has 0 aliphatic heterocycles. The van der Waals surface area contributed by atoms with E-state index in [4.69, 9.17) is 9.63 Å². The van der Waals surface area contributed by atoms with Crippen LogP contribution in [0.2, 0.25) is 0 Å². The van der Waals surface area contributed by atoms with Gasteiger partial charge in [-0.1, -0.05) is 41.6 Å². The molecular formula is C25H26N4O4S. The maximum atomic E-state index is 12.4. The third-order valence-corrected chi connectivity index (χ3v) is 7.53. The molecule has 4 aromatic rings. The number of aromatic nitrogens is 3. The zero-order valence-electron chi connectivity index (χ0n) is 19.0. The molecule has 8 nitrogen and oxygen atoms in total. The molecule has 0 saturated heterocycles. The first-order chi connectivity index (χ1) is 16.4. The Hall–Kier alpha value is -3.40. The van der Waals surface area contributed by atoms with Gasteiger partial charge in [-0.2, -0.15) is 0 Å². The Labute approximate surface area is 198 Å². The van der Waals surface area contributed by atoms with Crippen LogP contribution in [0.3, 0.4) is 0 Å². The maximum Gasteiger partial charge on any atom is 0.187 e. The van der Waals surface area contributed by atoms with Gasteiger partial charge in [0.1, 0.15) is 11.4 Å². The summed E-state index contributed by atoms with van der Waals surface area (Å²) in [5.41, 5.74) is 4.57. The van der Waals surface area contributed by atoms with Gasteiger partial charge in [0.15, 0.2) is 15.6 Å². The standard InChI is InChI=1S/C25H26N4O4S/c1-17(2)34(31,32)21-9-7-20(8-10-21)23-15-27-16-24(28-23)25-13-22(29-33-25)19-5-3-18(4-6-19)14-26-11-12-30/h3-10,13,15-17,26,30H,11-12,14H2,1-2H3. The van der Waals surface area contributed by atoms with Crippen molar-refractivity contribution in [2.45, 2.75) is 30.5 Å². The molecule has 2 aromatic carbocycles. The van der Waals surface area contributed by atoms with E-state index in [2.05, 4.69) is 20.4 Å². The smallest absolute Gasteiger partial charge is 0.187 e. The average molecular weight is 479 g/mol. The zero-order chi connectivity index (χ0) is 24.1. The van der Waals surface area contributed by atoms with Crippen LogP contribution in [-0.2, 0) is 16.4 Å². The summed E-state index contributed by atoms with van der Waals surface area (Å²) in [6, 6.07) is 16.4. The molecule has 0 amide bonds. The summed E-state index contributed by atoms with van der Waals surface area (Å²) in [6.07, 6.45) is 3.22. The summed E-state index contributed by atoms with van der Waals surface area (Å²) in [5, 5.41) is 15.7. The molecule has 176 valence electrons. The molecule has 2 aromatic heterocycles. The molecule has 0 bridgehead atoms. The number of benzene rings is 2. The van der Waals surface area contributed by atoms with Gasteiger partial charge < -0.3 is 14.9 Å². The second-order valence-electron chi connectivity index (χ2n) is 8.08. The Balaban J connectivity index is 1.53. The lowest BCUT2D eigenvalue weighted by molar-refractivity contribution is 0.292. The molecule has 2 heterocycles. The third-order valence-electron chi connectivity index (χ3n) is 5.36.